The number of para-hydroxylation sites is 1. The molecule has 0 spiro atoms. The van der Waals surface area contributed by atoms with E-state index in [1.807, 2.05) is 38.1 Å². The predicted molar refractivity (Wildman–Crippen MR) is 73.1 cm³/mol. The Morgan fingerprint density at radius 3 is 2.72 bits per heavy atom. The molecule has 0 unspecified atom stereocenters. The fraction of sp³-hybridized carbons (Fsp3) is 0.308. The Kier molecular flexibility index (Phi) is 3.77. The van der Waals surface area contributed by atoms with Crippen molar-refractivity contribution in [3.05, 3.63) is 40.5 Å². The Morgan fingerprint density at radius 2 is 2.11 bits per heavy atom. The van der Waals surface area contributed by atoms with Crippen molar-refractivity contribution in [2.24, 2.45) is 0 Å². The van der Waals surface area contributed by atoms with E-state index in [-0.39, 0.29) is 0 Å². The number of aromatic nitrogens is 2. The van der Waals surface area contributed by atoms with E-state index in [1.54, 1.807) is 4.68 Å². The molecule has 0 bridgehead atoms. The Bertz CT molecular complexity index is 551. The third-order valence-corrected chi connectivity index (χ3v) is 3.15. The molecule has 2 N–H and O–H groups in total. The molecule has 1 aromatic heterocycles. The molecule has 0 fully saturated rings. The van der Waals surface area contributed by atoms with Crippen LogP contribution in [0.2, 0.25) is 5.02 Å². The summed E-state index contributed by atoms with van der Waals surface area (Å²) in [6, 6.07) is 7.84. The van der Waals surface area contributed by atoms with Crippen molar-refractivity contribution in [3.63, 3.8) is 0 Å². The third kappa shape index (κ3) is 2.43. The van der Waals surface area contributed by atoms with Crippen LogP contribution in [-0.4, -0.2) is 16.4 Å². The summed E-state index contributed by atoms with van der Waals surface area (Å²) < 4.78 is 7.26. The summed E-state index contributed by atoms with van der Waals surface area (Å²) in [6.07, 6.45) is 0. The summed E-state index contributed by atoms with van der Waals surface area (Å²) in [5, 5.41) is 4.83. The first-order valence-electron chi connectivity index (χ1n) is 5.82. The fourth-order valence-corrected chi connectivity index (χ4v) is 1.93. The summed E-state index contributed by atoms with van der Waals surface area (Å²) in [6.45, 7) is 4.98. The molecule has 0 radical (unpaired) electrons. The first-order chi connectivity index (χ1) is 8.63. The van der Waals surface area contributed by atoms with Crippen LogP contribution in [0.3, 0.4) is 0 Å². The molecule has 4 nitrogen and oxygen atoms in total. The van der Waals surface area contributed by atoms with Gasteiger partial charge >= 0.3 is 0 Å². The smallest absolute Gasteiger partial charge is 0.141 e. The maximum absolute atomic E-state index is 6.03. The van der Waals surface area contributed by atoms with E-state index in [2.05, 4.69) is 5.10 Å². The lowest BCUT2D eigenvalue weighted by atomic mass is 10.2. The first-order valence-corrected chi connectivity index (χ1v) is 6.20. The molecule has 0 amide bonds. The topological polar surface area (TPSA) is 53.1 Å². The highest BCUT2D eigenvalue weighted by molar-refractivity contribution is 6.33. The van der Waals surface area contributed by atoms with Crippen LogP contribution >= 0.6 is 11.6 Å². The standard InChI is InChI=1S/C13H16ClN3O/c1-3-18-11-7-5-4-6-10(11)8-17-13(15)12(14)9(2)16-17/h4-7H,3,8,15H2,1-2H3. The highest BCUT2D eigenvalue weighted by Gasteiger charge is 2.12. The summed E-state index contributed by atoms with van der Waals surface area (Å²) in [5.74, 6) is 1.34. The largest absolute Gasteiger partial charge is 0.494 e. The van der Waals surface area contributed by atoms with Crippen LogP contribution in [0.25, 0.3) is 0 Å². The number of nitrogens with two attached hydrogens (primary N) is 1. The third-order valence-electron chi connectivity index (χ3n) is 2.68. The van der Waals surface area contributed by atoms with Gasteiger partial charge in [-0.2, -0.15) is 5.10 Å². The number of nitrogens with zero attached hydrogens (tertiary/aromatic N) is 2. The van der Waals surface area contributed by atoms with Crippen molar-refractivity contribution in [2.45, 2.75) is 20.4 Å². The van der Waals surface area contributed by atoms with E-state index >= 15 is 0 Å². The van der Waals surface area contributed by atoms with E-state index in [4.69, 9.17) is 22.1 Å². The quantitative estimate of drug-likeness (QED) is 0.925. The molecule has 0 aliphatic carbocycles. The number of nitrogen functional groups attached to an aromatic ring is 1. The molecule has 1 aromatic carbocycles. The second-order valence-corrected chi connectivity index (χ2v) is 4.36. The van der Waals surface area contributed by atoms with Crippen LogP contribution in [-0.2, 0) is 6.54 Å². The van der Waals surface area contributed by atoms with Crippen molar-refractivity contribution < 1.29 is 4.74 Å². The molecule has 18 heavy (non-hydrogen) atoms. The molecule has 1 heterocycles. The normalized spacial score (nSPS) is 10.6. The number of hydrogen-bond acceptors (Lipinski definition) is 3. The average Bonchev–Trinajstić information content (AvgIpc) is 2.60. The van der Waals surface area contributed by atoms with Gasteiger partial charge in [-0.05, 0) is 19.9 Å². The van der Waals surface area contributed by atoms with Crippen LogP contribution in [0, 0.1) is 6.92 Å². The van der Waals surface area contributed by atoms with E-state index in [0.29, 0.717) is 24.0 Å². The molecular formula is C13H16ClN3O. The van der Waals surface area contributed by atoms with Gasteiger partial charge in [-0.25, -0.2) is 4.68 Å². The first kappa shape index (κ1) is 12.8. The second-order valence-electron chi connectivity index (χ2n) is 3.98. The van der Waals surface area contributed by atoms with Gasteiger partial charge in [0.1, 0.15) is 16.6 Å². The average molecular weight is 266 g/mol. The lowest BCUT2D eigenvalue weighted by Crippen LogP contribution is -2.07. The zero-order valence-corrected chi connectivity index (χ0v) is 11.2. The molecule has 0 aliphatic rings. The minimum absolute atomic E-state index is 0.487. The maximum Gasteiger partial charge on any atom is 0.141 e. The summed E-state index contributed by atoms with van der Waals surface area (Å²) in [4.78, 5) is 0. The molecule has 2 rings (SSSR count). The van der Waals surface area contributed by atoms with Crippen LogP contribution in [0.5, 0.6) is 5.75 Å². The van der Waals surface area contributed by atoms with E-state index in [9.17, 15) is 0 Å². The van der Waals surface area contributed by atoms with Gasteiger partial charge in [0.15, 0.2) is 0 Å². The van der Waals surface area contributed by atoms with Crippen molar-refractivity contribution in [1.29, 1.82) is 0 Å². The monoisotopic (exact) mass is 265 g/mol. The zero-order valence-electron chi connectivity index (χ0n) is 10.5. The lowest BCUT2D eigenvalue weighted by molar-refractivity contribution is 0.335. The van der Waals surface area contributed by atoms with Crippen LogP contribution in [0.1, 0.15) is 18.2 Å². The van der Waals surface area contributed by atoms with Crippen molar-refractivity contribution in [2.75, 3.05) is 12.3 Å². The molecule has 0 saturated heterocycles. The van der Waals surface area contributed by atoms with Gasteiger partial charge in [0, 0.05) is 5.56 Å². The number of halogens is 1. The molecule has 2 aromatic rings. The predicted octanol–water partition coefficient (Wildman–Crippen LogP) is 2.87. The number of benzene rings is 1. The van der Waals surface area contributed by atoms with Gasteiger partial charge in [-0.15, -0.1) is 0 Å². The number of anilines is 1. The van der Waals surface area contributed by atoms with Gasteiger partial charge in [-0.1, -0.05) is 29.8 Å². The minimum Gasteiger partial charge on any atom is -0.494 e. The zero-order chi connectivity index (χ0) is 13.1. The molecule has 5 heteroatoms. The molecule has 0 atom stereocenters. The molecule has 96 valence electrons. The van der Waals surface area contributed by atoms with Gasteiger partial charge in [0.05, 0.1) is 18.8 Å². The highest BCUT2D eigenvalue weighted by atomic mass is 35.5. The Labute approximate surface area is 111 Å². The SMILES string of the molecule is CCOc1ccccc1Cn1nc(C)c(Cl)c1N. The minimum atomic E-state index is 0.487. The Morgan fingerprint density at radius 1 is 1.39 bits per heavy atom. The molecule has 0 saturated carbocycles. The van der Waals surface area contributed by atoms with Gasteiger partial charge < -0.3 is 10.5 Å². The van der Waals surface area contributed by atoms with E-state index in [1.165, 1.54) is 0 Å². The summed E-state index contributed by atoms with van der Waals surface area (Å²) in [7, 11) is 0. The number of hydrogen-bond donors (Lipinski definition) is 1. The van der Waals surface area contributed by atoms with Crippen molar-refractivity contribution in [3.8, 4) is 5.75 Å². The van der Waals surface area contributed by atoms with Crippen molar-refractivity contribution >= 4 is 17.4 Å². The van der Waals surface area contributed by atoms with E-state index < -0.39 is 0 Å². The number of aryl methyl sites for hydroxylation is 1. The summed E-state index contributed by atoms with van der Waals surface area (Å²) >= 11 is 6.03. The van der Waals surface area contributed by atoms with Gasteiger partial charge in [0.2, 0.25) is 0 Å². The number of rotatable bonds is 4. The second kappa shape index (κ2) is 5.31. The highest BCUT2D eigenvalue weighted by Crippen LogP contribution is 2.25. The Hall–Kier alpha value is -1.68. The van der Waals surface area contributed by atoms with Crippen molar-refractivity contribution in [1.82, 2.24) is 9.78 Å². The molecular weight excluding hydrogens is 250 g/mol. The number of ether oxygens (including phenoxy) is 1. The fourth-order valence-electron chi connectivity index (χ4n) is 1.79. The molecule has 0 aliphatic heterocycles. The lowest BCUT2D eigenvalue weighted by Gasteiger charge is -2.10. The van der Waals surface area contributed by atoms with E-state index in [0.717, 1.165) is 17.0 Å². The summed E-state index contributed by atoms with van der Waals surface area (Å²) in [5.41, 5.74) is 7.67. The maximum atomic E-state index is 6.03. The van der Waals surface area contributed by atoms with Crippen LogP contribution in [0.4, 0.5) is 5.82 Å². The Balaban J connectivity index is 2.31. The van der Waals surface area contributed by atoms with Gasteiger partial charge in [-0.3, -0.25) is 0 Å². The van der Waals surface area contributed by atoms with Crippen LogP contribution in [0.15, 0.2) is 24.3 Å². The van der Waals surface area contributed by atoms with Gasteiger partial charge in [0.25, 0.3) is 0 Å². The van der Waals surface area contributed by atoms with Crippen LogP contribution < -0.4 is 10.5 Å².